The molecule has 0 radical (unpaired) electrons. The molecule has 2 heterocycles. The molecule has 0 bridgehead atoms. The highest BCUT2D eigenvalue weighted by Gasteiger charge is 2.33. The number of carbonyl (C=O) groups is 1. The highest BCUT2D eigenvalue weighted by atomic mass is 32.2. The molecule has 4 rings (SSSR count). The predicted molar refractivity (Wildman–Crippen MR) is 98.4 cm³/mol. The monoisotopic (exact) mass is 391 g/mol. The maximum Gasteiger partial charge on any atom is 0.257 e. The average molecular weight is 391 g/mol. The SMILES string of the molecule is O=C(NCc1ccc(F)cc1)c1ccc2c(c1)SC1=NS(=O)(=O)CCN12. The van der Waals surface area contributed by atoms with Crippen molar-refractivity contribution in [1.29, 1.82) is 0 Å². The molecule has 0 atom stereocenters. The summed E-state index contributed by atoms with van der Waals surface area (Å²) in [4.78, 5) is 15.0. The highest BCUT2D eigenvalue weighted by molar-refractivity contribution is 8.15. The minimum atomic E-state index is -3.40. The largest absolute Gasteiger partial charge is 0.348 e. The van der Waals surface area contributed by atoms with E-state index < -0.39 is 10.0 Å². The van der Waals surface area contributed by atoms with Gasteiger partial charge in [0.05, 0.1) is 11.4 Å². The van der Waals surface area contributed by atoms with Crippen molar-refractivity contribution in [2.45, 2.75) is 11.4 Å². The lowest BCUT2D eigenvalue weighted by Gasteiger charge is -2.22. The van der Waals surface area contributed by atoms with Crippen molar-refractivity contribution in [1.82, 2.24) is 5.32 Å². The number of amides is 1. The minimum absolute atomic E-state index is 0.0175. The van der Waals surface area contributed by atoms with Crippen LogP contribution in [-0.4, -0.2) is 31.8 Å². The number of carbonyl (C=O) groups excluding carboxylic acids is 1. The summed E-state index contributed by atoms with van der Waals surface area (Å²) in [6.45, 7) is 0.650. The first-order valence-electron chi connectivity index (χ1n) is 7.86. The van der Waals surface area contributed by atoms with Gasteiger partial charge in [0.2, 0.25) is 0 Å². The van der Waals surface area contributed by atoms with E-state index in [0.29, 0.717) is 23.8 Å². The Morgan fingerprint density at radius 3 is 2.77 bits per heavy atom. The maximum absolute atomic E-state index is 12.9. The second-order valence-corrected chi connectivity index (χ2v) is 8.67. The Morgan fingerprint density at radius 1 is 1.23 bits per heavy atom. The lowest BCUT2D eigenvalue weighted by molar-refractivity contribution is 0.0950. The molecule has 9 heteroatoms. The molecular formula is C17H14FN3O3S2. The van der Waals surface area contributed by atoms with Gasteiger partial charge in [-0.25, -0.2) is 12.8 Å². The van der Waals surface area contributed by atoms with E-state index >= 15 is 0 Å². The van der Waals surface area contributed by atoms with Crippen LogP contribution < -0.4 is 10.2 Å². The molecule has 0 spiro atoms. The molecule has 0 saturated heterocycles. The molecule has 2 aromatic carbocycles. The zero-order valence-electron chi connectivity index (χ0n) is 13.5. The van der Waals surface area contributed by atoms with Gasteiger partial charge in [-0.3, -0.25) is 4.79 Å². The van der Waals surface area contributed by atoms with Crippen molar-refractivity contribution in [3.63, 3.8) is 0 Å². The number of amidine groups is 1. The van der Waals surface area contributed by atoms with Gasteiger partial charge in [0, 0.05) is 23.5 Å². The van der Waals surface area contributed by atoms with Crippen LogP contribution in [0.1, 0.15) is 15.9 Å². The number of thioether (sulfide) groups is 1. The molecule has 2 aliphatic rings. The number of anilines is 1. The van der Waals surface area contributed by atoms with Crippen LogP contribution in [0.3, 0.4) is 0 Å². The van der Waals surface area contributed by atoms with E-state index in [1.165, 1.54) is 23.9 Å². The standard InChI is InChI=1S/C17H14FN3O3S2/c18-13-4-1-11(2-5-13)10-19-16(22)12-3-6-14-15(9-12)25-17-20-26(23,24)8-7-21(14)17/h1-6,9H,7-8,10H2,(H,19,22). The van der Waals surface area contributed by atoms with E-state index in [1.54, 1.807) is 30.3 Å². The van der Waals surface area contributed by atoms with Crippen LogP contribution in [0.4, 0.5) is 10.1 Å². The molecule has 26 heavy (non-hydrogen) atoms. The van der Waals surface area contributed by atoms with Gasteiger partial charge in [0.15, 0.2) is 5.17 Å². The number of rotatable bonds is 3. The summed E-state index contributed by atoms with van der Waals surface area (Å²) in [5.41, 5.74) is 2.13. The van der Waals surface area contributed by atoms with Crippen molar-refractivity contribution in [3.8, 4) is 0 Å². The van der Waals surface area contributed by atoms with Gasteiger partial charge in [0.1, 0.15) is 5.82 Å². The predicted octanol–water partition coefficient (Wildman–Crippen LogP) is 2.37. The zero-order chi connectivity index (χ0) is 18.3. The number of hydrogen-bond acceptors (Lipinski definition) is 5. The van der Waals surface area contributed by atoms with Gasteiger partial charge in [-0.1, -0.05) is 12.1 Å². The minimum Gasteiger partial charge on any atom is -0.348 e. The van der Waals surface area contributed by atoms with E-state index in [1.807, 2.05) is 4.90 Å². The fourth-order valence-electron chi connectivity index (χ4n) is 2.76. The smallest absolute Gasteiger partial charge is 0.257 e. The Balaban J connectivity index is 1.50. The van der Waals surface area contributed by atoms with Crippen LogP contribution in [0, 0.1) is 5.82 Å². The summed E-state index contributed by atoms with van der Waals surface area (Å²) in [5.74, 6) is -0.592. The fourth-order valence-corrected chi connectivity index (χ4v) is 5.05. The summed E-state index contributed by atoms with van der Waals surface area (Å²) in [6.07, 6.45) is 0. The molecule has 0 fully saturated rings. The quantitative estimate of drug-likeness (QED) is 0.869. The third-order valence-corrected chi connectivity index (χ3v) is 6.41. The van der Waals surface area contributed by atoms with E-state index in [-0.39, 0.29) is 17.5 Å². The van der Waals surface area contributed by atoms with E-state index in [2.05, 4.69) is 9.71 Å². The fraction of sp³-hybridized carbons (Fsp3) is 0.176. The van der Waals surface area contributed by atoms with Gasteiger partial charge in [-0.2, -0.15) is 0 Å². The lowest BCUT2D eigenvalue weighted by Crippen LogP contribution is -2.35. The summed E-state index contributed by atoms with van der Waals surface area (Å²) < 4.78 is 40.0. The third kappa shape index (κ3) is 3.32. The summed E-state index contributed by atoms with van der Waals surface area (Å²) in [7, 11) is -3.40. The normalized spacial score (nSPS) is 17.3. The first-order chi connectivity index (χ1) is 12.4. The summed E-state index contributed by atoms with van der Waals surface area (Å²) in [6, 6.07) is 11.2. The number of fused-ring (bicyclic) bond motifs is 3. The van der Waals surface area contributed by atoms with Crippen LogP contribution in [0.2, 0.25) is 0 Å². The summed E-state index contributed by atoms with van der Waals surface area (Å²) >= 11 is 1.25. The molecule has 0 aliphatic carbocycles. The Labute approximate surface area is 154 Å². The molecular weight excluding hydrogens is 377 g/mol. The molecule has 1 N–H and O–H groups in total. The molecule has 2 aromatic rings. The molecule has 6 nitrogen and oxygen atoms in total. The third-order valence-electron chi connectivity index (χ3n) is 4.10. The zero-order valence-corrected chi connectivity index (χ0v) is 15.1. The highest BCUT2D eigenvalue weighted by Crippen LogP contribution is 2.42. The molecule has 2 aliphatic heterocycles. The molecule has 0 saturated carbocycles. The number of benzene rings is 2. The topological polar surface area (TPSA) is 78.8 Å². The van der Waals surface area contributed by atoms with Crippen molar-refractivity contribution >= 4 is 38.5 Å². The molecule has 134 valence electrons. The Hall–Kier alpha value is -2.39. The Kier molecular flexibility index (Phi) is 4.20. The lowest BCUT2D eigenvalue weighted by atomic mass is 10.1. The van der Waals surface area contributed by atoms with Crippen molar-refractivity contribution in [3.05, 3.63) is 59.4 Å². The van der Waals surface area contributed by atoms with Crippen LogP contribution >= 0.6 is 11.8 Å². The van der Waals surface area contributed by atoms with Crippen molar-refractivity contribution < 1.29 is 17.6 Å². The van der Waals surface area contributed by atoms with Gasteiger partial charge in [-0.05, 0) is 47.7 Å². The number of sulfonamides is 1. The van der Waals surface area contributed by atoms with E-state index in [9.17, 15) is 17.6 Å². The van der Waals surface area contributed by atoms with Crippen molar-refractivity contribution in [2.24, 2.45) is 4.40 Å². The van der Waals surface area contributed by atoms with Crippen molar-refractivity contribution in [2.75, 3.05) is 17.2 Å². The number of halogens is 1. The van der Waals surface area contributed by atoms with E-state index in [4.69, 9.17) is 0 Å². The maximum atomic E-state index is 12.9. The molecule has 0 aromatic heterocycles. The summed E-state index contributed by atoms with van der Waals surface area (Å²) in [5, 5.41) is 3.22. The second-order valence-electron chi connectivity index (χ2n) is 5.91. The van der Waals surface area contributed by atoms with Crippen LogP contribution in [0.5, 0.6) is 0 Å². The number of nitrogens with one attached hydrogen (secondary N) is 1. The Bertz CT molecular complexity index is 1020. The van der Waals surface area contributed by atoms with Gasteiger partial charge >= 0.3 is 0 Å². The number of nitrogens with zero attached hydrogens (tertiary/aromatic N) is 2. The first kappa shape index (κ1) is 17.0. The Morgan fingerprint density at radius 2 is 2.00 bits per heavy atom. The molecule has 1 amide bonds. The van der Waals surface area contributed by atoms with Crippen LogP contribution in [0.25, 0.3) is 0 Å². The number of hydrogen-bond donors (Lipinski definition) is 1. The van der Waals surface area contributed by atoms with E-state index in [0.717, 1.165) is 16.1 Å². The van der Waals surface area contributed by atoms with Crippen LogP contribution in [0.15, 0.2) is 51.8 Å². The molecule has 0 unspecified atom stereocenters. The van der Waals surface area contributed by atoms with Gasteiger partial charge in [0.25, 0.3) is 15.9 Å². The second kappa shape index (κ2) is 6.40. The van der Waals surface area contributed by atoms with Gasteiger partial charge < -0.3 is 10.2 Å². The van der Waals surface area contributed by atoms with Crippen LogP contribution in [-0.2, 0) is 16.6 Å². The van der Waals surface area contributed by atoms with Gasteiger partial charge in [-0.15, -0.1) is 4.40 Å². The first-order valence-corrected chi connectivity index (χ1v) is 10.3. The average Bonchev–Trinajstić information content (AvgIpc) is 2.96.